The molecule has 0 spiro atoms. The minimum atomic E-state index is 0.183. The zero-order valence-corrected chi connectivity index (χ0v) is 16.5. The molecule has 1 saturated carbocycles. The predicted octanol–water partition coefficient (Wildman–Crippen LogP) is 5.04. The molecule has 0 saturated heterocycles. The number of carbonyl (C=O) groups is 1. The van der Waals surface area contributed by atoms with Crippen LogP contribution in [0.5, 0.6) is 0 Å². The van der Waals surface area contributed by atoms with Crippen molar-refractivity contribution in [3.63, 3.8) is 0 Å². The molecule has 5 rings (SSSR count). The number of aromatic nitrogens is 1. The van der Waals surface area contributed by atoms with Gasteiger partial charge >= 0.3 is 0 Å². The first-order chi connectivity index (χ1) is 13.6. The van der Waals surface area contributed by atoms with Crippen molar-refractivity contribution in [1.29, 1.82) is 0 Å². The minimum Gasteiger partial charge on any atom is -0.467 e. The summed E-state index contributed by atoms with van der Waals surface area (Å²) in [5.74, 6) is 1.09. The van der Waals surface area contributed by atoms with Crippen molar-refractivity contribution in [2.45, 2.75) is 58.2 Å². The summed E-state index contributed by atoms with van der Waals surface area (Å²) in [6.45, 7) is 4.78. The van der Waals surface area contributed by atoms with Crippen molar-refractivity contribution in [3.8, 4) is 0 Å². The third kappa shape index (κ3) is 2.88. The van der Waals surface area contributed by atoms with E-state index in [0.29, 0.717) is 12.6 Å². The molecule has 1 aromatic carbocycles. The van der Waals surface area contributed by atoms with Gasteiger partial charge < -0.3 is 13.9 Å². The molecule has 2 aliphatic rings. The molecule has 1 atom stereocenters. The van der Waals surface area contributed by atoms with Crippen LogP contribution < -0.4 is 0 Å². The van der Waals surface area contributed by atoms with E-state index in [-0.39, 0.29) is 11.9 Å². The Morgan fingerprint density at radius 3 is 2.71 bits per heavy atom. The topological polar surface area (TPSA) is 38.4 Å². The molecular formula is C24H26N2O2. The normalized spacial score (nSPS) is 18.3. The highest BCUT2D eigenvalue weighted by Crippen LogP contribution is 2.43. The summed E-state index contributed by atoms with van der Waals surface area (Å²) in [4.78, 5) is 15.9. The highest BCUT2D eigenvalue weighted by molar-refractivity contribution is 5.96. The van der Waals surface area contributed by atoms with Gasteiger partial charge in [-0.15, -0.1) is 0 Å². The monoisotopic (exact) mass is 374 g/mol. The summed E-state index contributed by atoms with van der Waals surface area (Å²) in [7, 11) is 0. The molecule has 28 heavy (non-hydrogen) atoms. The van der Waals surface area contributed by atoms with E-state index in [1.165, 1.54) is 11.1 Å². The van der Waals surface area contributed by atoms with Crippen molar-refractivity contribution in [2.75, 3.05) is 0 Å². The Balaban J connectivity index is 1.48. The number of benzene rings is 1. The summed E-state index contributed by atoms with van der Waals surface area (Å²) in [5.41, 5.74) is 5.69. The largest absolute Gasteiger partial charge is 0.467 e. The van der Waals surface area contributed by atoms with E-state index < -0.39 is 0 Å². The molecule has 4 heteroatoms. The van der Waals surface area contributed by atoms with Crippen LogP contribution in [0, 0.1) is 13.8 Å². The fourth-order valence-corrected chi connectivity index (χ4v) is 4.70. The second kappa shape index (κ2) is 6.69. The predicted molar refractivity (Wildman–Crippen MR) is 108 cm³/mol. The average molecular weight is 374 g/mol. The zero-order valence-electron chi connectivity index (χ0n) is 16.5. The lowest BCUT2D eigenvalue weighted by molar-refractivity contribution is 0.0657. The fourth-order valence-electron chi connectivity index (χ4n) is 4.70. The zero-order chi connectivity index (χ0) is 19.3. The number of rotatable bonds is 5. The van der Waals surface area contributed by atoms with Crippen LogP contribution in [-0.4, -0.2) is 21.4 Å². The Labute approximate surface area is 165 Å². The Kier molecular flexibility index (Phi) is 4.15. The molecule has 0 N–H and O–H groups in total. The van der Waals surface area contributed by atoms with Crippen molar-refractivity contribution in [3.05, 3.63) is 82.6 Å². The van der Waals surface area contributed by atoms with Gasteiger partial charge in [0, 0.05) is 17.4 Å². The molecule has 144 valence electrons. The van der Waals surface area contributed by atoms with Crippen molar-refractivity contribution < 1.29 is 9.21 Å². The number of furan rings is 1. The van der Waals surface area contributed by atoms with Crippen molar-refractivity contribution in [1.82, 2.24) is 9.47 Å². The van der Waals surface area contributed by atoms with Gasteiger partial charge in [-0.3, -0.25) is 4.79 Å². The van der Waals surface area contributed by atoms with E-state index in [1.807, 2.05) is 12.1 Å². The van der Waals surface area contributed by atoms with Crippen molar-refractivity contribution in [2.24, 2.45) is 0 Å². The van der Waals surface area contributed by atoms with Gasteiger partial charge in [-0.2, -0.15) is 0 Å². The van der Waals surface area contributed by atoms with Gasteiger partial charge in [-0.1, -0.05) is 24.3 Å². The number of amides is 1. The number of hydrogen-bond donors (Lipinski definition) is 0. The van der Waals surface area contributed by atoms with Crippen LogP contribution >= 0.6 is 0 Å². The van der Waals surface area contributed by atoms with E-state index >= 15 is 0 Å². The summed E-state index contributed by atoms with van der Waals surface area (Å²) in [5, 5.41) is 0. The van der Waals surface area contributed by atoms with Crippen LogP contribution in [0.15, 0.2) is 53.1 Å². The van der Waals surface area contributed by atoms with E-state index in [1.54, 1.807) is 6.26 Å². The molecular weight excluding hydrogens is 348 g/mol. The van der Waals surface area contributed by atoms with Gasteiger partial charge in [0.15, 0.2) is 0 Å². The van der Waals surface area contributed by atoms with E-state index in [9.17, 15) is 4.79 Å². The second-order valence-electron chi connectivity index (χ2n) is 8.15. The van der Waals surface area contributed by atoms with E-state index in [0.717, 1.165) is 48.4 Å². The van der Waals surface area contributed by atoms with Gasteiger partial charge in [0.25, 0.3) is 5.91 Å². The van der Waals surface area contributed by atoms with Crippen molar-refractivity contribution >= 4 is 5.91 Å². The number of carbonyl (C=O) groups excluding carboxylic acids is 1. The molecule has 0 aliphatic heterocycles. The van der Waals surface area contributed by atoms with Crippen LogP contribution in [0.1, 0.15) is 63.9 Å². The molecule has 0 radical (unpaired) electrons. The number of fused-ring (bicyclic) bond motifs is 1. The van der Waals surface area contributed by atoms with Crippen LogP contribution in [0.25, 0.3) is 0 Å². The number of hydrogen-bond acceptors (Lipinski definition) is 2. The maximum absolute atomic E-state index is 13.7. The lowest BCUT2D eigenvalue weighted by atomic mass is 10.1. The molecule has 4 nitrogen and oxygen atoms in total. The summed E-state index contributed by atoms with van der Waals surface area (Å²) >= 11 is 0. The number of nitrogens with zero attached hydrogens (tertiary/aromatic N) is 2. The van der Waals surface area contributed by atoms with Crippen LogP contribution in [0.4, 0.5) is 0 Å². The third-order valence-electron chi connectivity index (χ3n) is 6.31. The number of aryl methyl sites for hydroxylation is 2. The summed E-state index contributed by atoms with van der Waals surface area (Å²) < 4.78 is 7.70. The lowest BCUT2D eigenvalue weighted by Crippen LogP contribution is -2.36. The Morgan fingerprint density at radius 1 is 1.14 bits per heavy atom. The highest BCUT2D eigenvalue weighted by Gasteiger charge is 2.41. The second-order valence-corrected chi connectivity index (χ2v) is 8.15. The summed E-state index contributed by atoms with van der Waals surface area (Å²) in [6.07, 6.45) is 6.04. The molecule has 2 aromatic heterocycles. The SMILES string of the molecule is Cc1cc(C(=O)N(C2CC2)C2CCc3ccccc32)c(C)n1Cc1ccco1. The smallest absolute Gasteiger partial charge is 0.256 e. The van der Waals surface area contributed by atoms with Gasteiger partial charge in [0.2, 0.25) is 0 Å². The van der Waals surface area contributed by atoms with Gasteiger partial charge in [-0.05, 0) is 68.9 Å². The first-order valence-corrected chi connectivity index (χ1v) is 10.2. The Morgan fingerprint density at radius 2 is 1.96 bits per heavy atom. The van der Waals surface area contributed by atoms with E-state index in [2.05, 4.69) is 53.6 Å². The van der Waals surface area contributed by atoms with Crippen LogP contribution in [0.2, 0.25) is 0 Å². The third-order valence-corrected chi connectivity index (χ3v) is 6.31. The molecule has 0 bridgehead atoms. The first-order valence-electron chi connectivity index (χ1n) is 10.2. The molecule has 2 aliphatic carbocycles. The Hall–Kier alpha value is -2.75. The lowest BCUT2D eigenvalue weighted by Gasteiger charge is -2.30. The molecule has 1 unspecified atom stereocenters. The Bertz CT molecular complexity index is 1010. The van der Waals surface area contributed by atoms with Crippen LogP contribution in [-0.2, 0) is 13.0 Å². The molecule has 1 amide bonds. The standard InChI is InChI=1S/C24H26N2O2/c1-16-14-22(17(2)25(16)15-20-7-5-13-28-20)24(27)26(19-10-11-19)23-12-9-18-6-3-4-8-21(18)23/h3-8,13-14,19,23H,9-12,15H2,1-2H3. The minimum absolute atomic E-state index is 0.183. The van der Waals surface area contributed by atoms with Crippen LogP contribution in [0.3, 0.4) is 0 Å². The highest BCUT2D eigenvalue weighted by atomic mass is 16.3. The maximum atomic E-state index is 13.7. The summed E-state index contributed by atoms with van der Waals surface area (Å²) in [6, 6.07) is 15.1. The van der Waals surface area contributed by atoms with Gasteiger partial charge in [0.1, 0.15) is 5.76 Å². The molecule has 1 fully saturated rings. The molecule has 2 heterocycles. The first kappa shape index (κ1) is 17.4. The average Bonchev–Trinajstić information content (AvgIpc) is 3.11. The van der Waals surface area contributed by atoms with Gasteiger partial charge in [-0.25, -0.2) is 0 Å². The quantitative estimate of drug-likeness (QED) is 0.628. The van der Waals surface area contributed by atoms with Gasteiger partial charge in [0.05, 0.1) is 24.4 Å². The fraction of sp³-hybridized carbons (Fsp3) is 0.375. The maximum Gasteiger partial charge on any atom is 0.256 e. The van der Waals surface area contributed by atoms with E-state index in [4.69, 9.17) is 4.42 Å². The molecule has 3 aromatic rings.